The summed E-state index contributed by atoms with van der Waals surface area (Å²) in [4.78, 5) is 22.2. The predicted octanol–water partition coefficient (Wildman–Crippen LogP) is 0.146. The first-order valence-corrected chi connectivity index (χ1v) is 5.57. The molecule has 0 radical (unpaired) electrons. The summed E-state index contributed by atoms with van der Waals surface area (Å²) in [5.41, 5.74) is 8.20. The fraction of sp³-hybridized carbons (Fsp3) is 0.333. The van der Waals surface area contributed by atoms with Crippen LogP contribution >= 0.6 is 0 Å². The summed E-state index contributed by atoms with van der Waals surface area (Å²) in [6.45, 7) is 0.470. The molecule has 1 aromatic carbocycles. The predicted molar refractivity (Wildman–Crippen MR) is 64.3 cm³/mol. The van der Waals surface area contributed by atoms with Crippen LogP contribution in [0.1, 0.15) is 17.5 Å². The van der Waals surface area contributed by atoms with E-state index in [1.54, 1.807) is 0 Å². The Bertz CT molecular complexity index is 457. The number of nitrogens with two attached hydrogens (primary N) is 1. The van der Waals surface area contributed by atoms with Crippen LogP contribution in [0.2, 0.25) is 0 Å². The van der Waals surface area contributed by atoms with Crippen LogP contribution in [-0.2, 0) is 22.6 Å². The van der Waals surface area contributed by atoms with Gasteiger partial charge in [-0.25, -0.2) is 0 Å². The van der Waals surface area contributed by atoms with E-state index in [9.17, 15) is 9.59 Å². The van der Waals surface area contributed by atoms with Gasteiger partial charge in [-0.15, -0.1) is 0 Å². The molecule has 2 amide bonds. The molecule has 17 heavy (non-hydrogen) atoms. The Morgan fingerprint density at radius 1 is 1.41 bits per heavy atom. The molecule has 0 saturated carbocycles. The molecule has 1 aliphatic rings. The maximum Gasteiger partial charge on any atom is 0.234 e. The van der Waals surface area contributed by atoms with Crippen LogP contribution in [-0.4, -0.2) is 18.4 Å². The smallest absolute Gasteiger partial charge is 0.234 e. The quantitative estimate of drug-likeness (QED) is 0.694. The molecule has 1 aliphatic heterocycles. The van der Waals surface area contributed by atoms with E-state index < -0.39 is 0 Å². The number of anilines is 1. The van der Waals surface area contributed by atoms with Crippen molar-refractivity contribution in [1.29, 1.82) is 0 Å². The fourth-order valence-electron chi connectivity index (χ4n) is 1.82. The average molecular weight is 233 g/mol. The number of carbonyl (C=O) groups is 2. The Morgan fingerprint density at radius 2 is 2.24 bits per heavy atom. The summed E-state index contributed by atoms with van der Waals surface area (Å²) >= 11 is 0. The van der Waals surface area contributed by atoms with E-state index in [1.165, 1.54) is 0 Å². The van der Waals surface area contributed by atoms with Gasteiger partial charge in [0.2, 0.25) is 11.8 Å². The number of aryl methyl sites for hydroxylation is 1. The first kappa shape index (κ1) is 11.6. The van der Waals surface area contributed by atoms with Crippen LogP contribution in [0.5, 0.6) is 0 Å². The third-order valence-corrected chi connectivity index (χ3v) is 2.74. The lowest BCUT2D eigenvalue weighted by Gasteiger charge is -2.17. The highest BCUT2D eigenvalue weighted by Crippen LogP contribution is 2.23. The van der Waals surface area contributed by atoms with Crippen molar-refractivity contribution in [3.05, 3.63) is 29.3 Å². The van der Waals surface area contributed by atoms with Gasteiger partial charge in [0.15, 0.2) is 0 Å². The van der Waals surface area contributed by atoms with Gasteiger partial charge >= 0.3 is 0 Å². The maximum atomic E-state index is 11.2. The van der Waals surface area contributed by atoms with Gasteiger partial charge in [0, 0.05) is 18.7 Å². The van der Waals surface area contributed by atoms with E-state index in [0.29, 0.717) is 13.0 Å². The molecule has 0 aliphatic carbocycles. The zero-order valence-electron chi connectivity index (χ0n) is 9.45. The molecule has 4 N–H and O–H groups in total. The van der Waals surface area contributed by atoms with Crippen molar-refractivity contribution in [1.82, 2.24) is 5.32 Å². The SMILES string of the molecule is NCC(=O)NCc1ccc2c(c1)CCC(=O)N2. The minimum Gasteiger partial charge on any atom is -0.351 e. The first-order chi connectivity index (χ1) is 8.19. The van der Waals surface area contributed by atoms with E-state index >= 15 is 0 Å². The molecule has 0 fully saturated rings. The number of nitrogens with one attached hydrogen (secondary N) is 2. The molecule has 0 aromatic heterocycles. The molecule has 5 heteroatoms. The number of rotatable bonds is 3. The fourth-order valence-corrected chi connectivity index (χ4v) is 1.82. The Labute approximate surface area is 99.4 Å². The minimum absolute atomic E-state index is 0.000990. The number of hydrogen-bond acceptors (Lipinski definition) is 3. The minimum atomic E-state index is -0.170. The second kappa shape index (κ2) is 4.97. The van der Waals surface area contributed by atoms with Crippen molar-refractivity contribution in [2.24, 2.45) is 5.73 Å². The van der Waals surface area contributed by atoms with E-state index in [1.807, 2.05) is 18.2 Å². The molecular weight excluding hydrogens is 218 g/mol. The van der Waals surface area contributed by atoms with Gasteiger partial charge in [0.05, 0.1) is 6.54 Å². The highest BCUT2D eigenvalue weighted by molar-refractivity contribution is 5.93. The number of fused-ring (bicyclic) bond motifs is 1. The lowest BCUT2D eigenvalue weighted by molar-refractivity contribution is -0.120. The Balaban J connectivity index is 2.06. The zero-order chi connectivity index (χ0) is 12.3. The van der Waals surface area contributed by atoms with E-state index in [4.69, 9.17) is 5.73 Å². The molecule has 5 nitrogen and oxygen atoms in total. The Kier molecular flexibility index (Phi) is 3.39. The summed E-state index contributed by atoms with van der Waals surface area (Å²) in [6.07, 6.45) is 1.27. The van der Waals surface area contributed by atoms with E-state index in [0.717, 1.165) is 23.2 Å². The Morgan fingerprint density at radius 3 is 3.00 bits per heavy atom. The molecule has 0 unspecified atom stereocenters. The average Bonchev–Trinajstić information content (AvgIpc) is 2.35. The third kappa shape index (κ3) is 2.82. The van der Waals surface area contributed by atoms with Crippen molar-refractivity contribution in [3.63, 3.8) is 0 Å². The molecule has 0 spiro atoms. The number of hydrogen-bond donors (Lipinski definition) is 3. The number of benzene rings is 1. The van der Waals surface area contributed by atoms with Gasteiger partial charge in [-0.1, -0.05) is 12.1 Å². The van der Waals surface area contributed by atoms with Crippen molar-refractivity contribution in [3.8, 4) is 0 Å². The maximum absolute atomic E-state index is 11.2. The van der Waals surface area contributed by atoms with Gasteiger partial charge in [-0.05, 0) is 23.6 Å². The van der Waals surface area contributed by atoms with Crippen LogP contribution in [0.4, 0.5) is 5.69 Å². The van der Waals surface area contributed by atoms with Crippen LogP contribution < -0.4 is 16.4 Å². The topological polar surface area (TPSA) is 84.2 Å². The molecule has 0 saturated heterocycles. The summed E-state index contributed by atoms with van der Waals surface area (Å²) in [6, 6.07) is 5.77. The highest BCUT2D eigenvalue weighted by Gasteiger charge is 2.14. The second-order valence-electron chi connectivity index (χ2n) is 4.02. The lowest BCUT2D eigenvalue weighted by atomic mass is 10.0. The van der Waals surface area contributed by atoms with Crippen molar-refractivity contribution >= 4 is 17.5 Å². The van der Waals surface area contributed by atoms with Crippen LogP contribution in [0.25, 0.3) is 0 Å². The van der Waals surface area contributed by atoms with Crippen LogP contribution in [0, 0.1) is 0 Å². The highest BCUT2D eigenvalue weighted by atomic mass is 16.2. The summed E-state index contributed by atoms with van der Waals surface area (Å²) in [5, 5.41) is 5.53. The number of carbonyl (C=O) groups excluding carboxylic acids is 2. The van der Waals surface area contributed by atoms with Gasteiger partial charge in [-0.2, -0.15) is 0 Å². The largest absolute Gasteiger partial charge is 0.351 e. The molecular formula is C12H15N3O2. The summed E-state index contributed by atoms with van der Waals surface area (Å²) in [7, 11) is 0. The van der Waals surface area contributed by atoms with Gasteiger partial charge in [0.25, 0.3) is 0 Å². The first-order valence-electron chi connectivity index (χ1n) is 5.57. The molecule has 1 heterocycles. The summed E-state index contributed by atoms with van der Waals surface area (Å²) < 4.78 is 0. The summed E-state index contributed by atoms with van der Waals surface area (Å²) in [5.74, 6) is -0.113. The third-order valence-electron chi connectivity index (χ3n) is 2.74. The molecule has 2 rings (SSSR count). The lowest BCUT2D eigenvalue weighted by Crippen LogP contribution is -2.29. The van der Waals surface area contributed by atoms with Gasteiger partial charge in [-0.3, -0.25) is 9.59 Å². The van der Waals surface area contributed by atoms with Crippen LogP contribution in [0.15, 0.2) is 18.2 Å². The van der Waals surface area contributed by atoms with E-state index in [-0.39, 0.29) is 18.4 Å². The van der Waals surface area contributed by atoms with Crippen molar-refractivity contribution in [2.75, 3.05) is 11.9 Å². The molecule has 0 bridgehead atoms. The molecule has 0 atom stereocenters. The monoisotopic (exact) mass is 233 g/mol. The van der Waals surface area contributed by atoms with E-state index in [2.05, 4.69) is 10.6 Å². The number of amides is 2. The van der Waals surface area contributed by atoms with Crippen LogP contribution in [0.3, 0.4) is 0 Å². The van der Waals surface area contributed by atoms with Gasteiger partial charge in [0.1, 0.15) is 0 Å². The zero-order valence-corrected chi connectivity index (χ0v) is 9.45. The molecule has 1 aromatic rings. The second-order valence-corrected chi connectivity index (χ2v) is 4.02. The normalized spacial score (nSPS) is 13.8. The van der Waals surface area contributed by atoms with Gasteiger partial charge < -0.3 is 16.4 Å². The standard InChI is InChI=1S/C12H15N3O2/c13-6-12(17)14-7-8-1-3-10-9(5-8)2-4-11(16)15-10/h1,3,5H,2,4,6-7,13H2,(H,14,17)(H,15,16). The Hall–Kier alpha value is -1.88. The van der Waals surface area contributed by atoms with Crippen molar-refractivity contribution < 1.29 is 9.59 Å². The molecule has 90 valence electrons. The van der Waals surface area contributed by atoms with Crippen molar-refractivity contribution in [2.45, 2.75) is 19.4 Å².